The highest BCUT2D eigenvalue weighted by atomic mass is 16.5. The molecule has 2 aliphatic rings. The number of likely N-dealkylation sites (tertiary alicyclic amines) is 1. The van der Waals surface area contributed by atoms with E-state index in [9.17, 15) is 14.7 Å². The molecule has 1 amide bonds. The van der Waals surface area contributed by atoms with Gasteiger partial charge < -0.3 is 24.4 Å². The second kappa shape index (κ2) is 11.8. The van der Waals surface area contributed by atoms with E-state index < -0.39 is 17.7 Å². The van der Waals surface area contributed by atoms with E-state index in [1.54, 1.807) is 11.0 Å². The molecule has 0 aromatic heterocycles. The van der Waals surface area contributed by atoms with E-state index in [0.717, 1.165) is 49.1 Å². The number of rotatable bonds is 11. The van der Waals surface area contributed by atoms with Crippen molar-refractivity contribution in [2.75, 3.05) is 33.8 Å². The van der Waals surface area contributed by atoms with Crippen molar-refractivity contribution in [2.45, 2.75) is 58.1 Å². The van der Waals surface area contributed by atoms with Gasteiger partial charge in [0.05, 0.1) is 18.2 Å². The van der Waals surface area contributed by atoms with E-state index in [4.69, 9.17) is 9.47 Å². The monoisotopic (exact) mass is 506 g/mol. The first kappa shape index (κ1) is 26.7. The number of aliphatic hydroxyl groups is 1. The van der Waals surface area contributed by atoms with Crippen molar-refractivity contribution < 1.29 is 24.2 Å². The number of amides is 1. The minimum absolute atomic E-state index is 0.0646. The maximum absolute atomic E-state index is 13.4. The van der Waals surface area contributed by atoms with Crippen LogP contribution < -0.4 is 9.47 Å². The van der Waals surface area contributed by atoms with E-state index in [1.807, 2.05) is 62.3 Å². The normalized spacial score (nSPS) is 20.4. The summed E-state index contributed by atoms with van der Waals surface area (Å²) in [7, 11) is 3.95. The molecule has 0 radical (unpaired) electrons. The summed E-state index contributed by atoms with van der Waals surface area (Å²) in [5.41, 5.74) is 2.36. The second-order valence-electron chi connectivity index (χ2n) is 10.2. The molecule has 2 atom stereocenters. The van der Waals surface area contributed by atoms with Gasteiger partial charge in [-0.3, -0.25) is 9.59 Å². The zero-order chi connectivity index (χ0) is 26.5. The molecular formula is C30H38N2O5. The van der Waals surface area contributed by atoms with Crippen LogP contribution in [0.4, 0.5) is 0 Å². The molecule has 7 heteroatoms. The van der Waals surface area contributed by atoms with Crippen molar-refractivity contribution >= 4 is 17.4 Å². The quantitative estimate of drug-likeness (QED) is 0.201. The number of Topliss-reactive ketones (excluding diaryl/α,β-unsaturated/α-hetero) is 1. The number of hydrogen-bond acceptors (Lipinski definition) is 6. The number of nitrogens with zero attached hydrogens (tertiary/aromatic N) is 2. The van der Waals surface area contributed by atoms with E-state index in [-0.39, 0.29) is 17.4 Å². The van der Waals surface area contributed by atoms with Gasteiger partial charge in [-0.1, -0.05) is 31.9 Å². The molecule has 1 N–H and O–H groups in total. The van der Waals surface area contributed by atoms with Crippen molar-refractivity contribution in [3.8, 4) is 11.5 Å². The zero-order valence-electron chi connectivity index (χ0n) is 22.3. The summed E-state index contributed by atoms with van der Waals surface area (Å²) in [5, 5.41) is 11.4. The summed E-state index contributed by atoms with van der Waals surface area (Å²) in [6.07, 6.45) is 4.67. The van der Waals surface area contributed by atoms with Crippen LogP contribution in [0.3, 0.4) is 0 Å². The van der Waals surface area contributed by atoms with Crippen molar-refractivity contribution in [2.24, 2.45) is 0 Å². The molecule has 2 aromatic carbocycles. The van der Waals surface area contributed by atoms with Crippen molar-refractivity contribution in [3.63, 3.8) is 0 Å². The van der Waals surface area contributed by atoms with E-state index >= 15 is 0 Å². The van der Waals surface area contributed by atoms with Crippen LogP contribution in [0.5, 0.6) is 11.5 Å². The Kier molecular flexibility index (Phi) is 8.54. The highest BCUT2D eigenvalue weighted by molar-refractivity contribution is 6.46. The summed E-state index contributed by atoms with van der Waals surface area (Å²) in [6, 6.07) is 12.3. The Balaban J connectivity index is 1.72. The van der Waals surface area contributed by atoms with Gasteiger partial charge in [-0.15, -0.1) is 0 Å². The van der Waals surface area contributed by atoms with Gasteiger partial charge in [0.15, 0.2) is 0 Å². The van der Waals surface area contributed by atoms with Gasteiger partial charge in [-0.25, -0.2) is 0 Å². The molecule has 0 saturated carbocycles. The number of benzene rings is 2. The number of fused-ring (bicyclic) bond motifs is 1. The van der Waals surface area contributed by atoms with Crippen LogP contribution in [-0.4, -0.2) is 66.5 Å². The first-order valence-corrected chi connectivity index (χ1v) is 13.3. The van der Waals surface area contributed by atoms with Crippen LogP contribution in [-0.2, 0) is 16.0 Å². The van der Waals surface area contributed by atoms with Crippen molar-refractivity contribution in [3.05, 3.63) is 64.7 Å². The zero-order valence-corrected chi connectivity index (χ0v) is 22.3. The fourth-order valence-corrected chi connectivity index (χ4v) is 5.06. The highest BCUT2D eigenvalue weighted by Crippen LogP contribution is 2.41. The van der Waals surface area contributed by atoms with Gasteiger partial charge in [0, 0.05) is 18.5 Å². The van der Waals surface area contributed by atoms with Gasteiger partial charge >= 0.3 is 0 Å². The lowest BCUT2D eigenvalue weighted by atomic mass is 9.94. The first-order chi connectivity index (χ1) is 17.8. The average molecular weight is 507 g/mol. The molecule has 0 aliphatic carbocycles. The van der Waals surface area contributed by atoms with Crippen LogP contribution in [0.2, 0.25) is 0 Å². The first-order valence-electron chi connectivity index (χ1n) is 13.3. The third-order valence-corrected chi connectivity index (χ3v) is 6.90. The summed E-state index contributed by atoms with van der Waals surface area (Å²) >= 11 is 0. The molecule has 2 heterocycles. The molecule has 0 spiro atoms. The molecule has 4 rings (SSSR count). The molecule has 198 valence electrons. The fourth-order valence-electron chi connectivity index (χ4n) is 5.06. The Hall–Kier alpha value is -3.32. The van der Waals surface area contributed by atoms with Gasteiger partial charge in [0.2, 0.25) is 0 Å². The van der Waals surface area contributed by atoms with Gasteiger partial charge in [0.1, 0.15) is 23.4 Å². The third kappa shape index (κ3) is 5.99. The number of ether oxygens (including phenoxy) is 2. The van der Waals surface area contributed by atoms with Crippen LogP contribution in [0.25, 0.3) is 5.76 Å². The Bertz CT molecular complexity index is 1170. The molecule has 2 aliphatic heterocycles. The van der Waals surface area contributed by atoms with Gasteiger partial charge in [-0.05, 0) is 81.9 Å². The number of carbonyl (C=O) groups is 2. The standard InChI is InChI=1S/C30H38N2O5/c1-5-6-7-16-36-24-11-8-10-21(19-24)27-26(29(34)30(35)32(27)15-9-14-31(3)4)28(33)22-12-13-25-23(18-22)17-20(2)37-25/h8,10-13,18-20,27,33H,5-7,9,14-17H2,1-4H3/t20-,27-/m0/s1. The second-order valence-corrected chi connectivity index (χ2v) is 10.2. The number of hydrogen-bond donors (Lipinski definition) is 1. The van der Waals surface area contributed by atoms with Crippen LogP contribution >= 0.6 is 0 Å². The molecule has 0 unspecified atom stereocenters. The largest absolute Gasteiger partial charge is 0.507 e. The maximum atomic E-state index is 13.4. The number of carbonyl (C=O) groups excluding carboxylic acids is 2. The van der Waals surface area contributed by atoms with Gasteiger partial charge in [0.25, 0.3) is 11.7 Å². The summed E-state index contributed by atoms with van der Waals surface area (Å²) in [6.45, 7) is 5.93. The lowest BCUT2D eigenvalue weighted by Gasteiger charge is -2.26. The fraction of sp³-hybridized carbons (Fsp3) is 0.467. The predicted molar refractivity (Wildman–Crippen MR) is 144 cm³/mol. The van der Waals surface area contributed by atoms with Crippen LogP contribution in [0.1, 0.15) is 62.3 Å². The summed E-state index contributed by atoms with van der Waals surface area (Å²) in [5.74, 6) is 0.0771. The Morgan fingerprint density at radius 1 is 1.14 bits per heavy atom. The average Bonchev–Trinajstić information content (AvgIpc) is 3.37. The molecule has 7 nitrogen and oxygen atoms in total. The third-order valence-electron chi connectivity index (χ3n) is 6.90. The smallest absolute Gasteiger partial charge is 0.295 e. The SMILES string of the molecule is CCCCCOc1cccc([C@H]2C(=C(O)c3ccc4c(c3)C[C@H](C)O4)C(=O)C(=O)N2CCCN(C)C)c1. The summed E-state index contributed by atoms with van der Waals surface area (Å²) in [4.78, 5) is 30.2. The lowest BCUT2D eigenvalue weighted by molar-refractivity contribution is -0.139. The molecule has 1 saturated heterocycles. The Morgan fingerprint density at radius 3 is 2.70 bits per heavy atom. The number of ketones is 1. The predicted octanol–water partition coefficient (Wildman–Crippen LogP) is 4.95. The summed E-state index contributed by atoms with van der Waals surface area (Å²) < 4.78 is 11.8. The maximum Gasteiger partial charge on any atom is 0.295 e. The van der Waals surface area contributed by atoms with E-state index in [1.165, 1.54) is 0 Å². The van der Waals surface area contributed by atoms with Crippen molar-refractivity contribution in [1.29, 1.82) is 0 Å². The minimum Gasteiger partial charge on any atom is -0.507 e. The van der Waals surface area contributed by atoms with Crippen LogP contribution in [0.15, 0.2) is 48.0 Å². The molecule has 0 bridgehead atoms. The lowest BCUT2D eigenvalue weighted by Crippen LogP contribution is -2.32. The highest BCUT2D eigenvalue weighted by Gasteiger charge is 2.46. The van der Waals surface area contributed by atoms with Crippen LogP contribution in [0, 0.1) is 0 Å². The molecule has 37 heavy (non-hydrogen) atoms. The Morgan fingerprint density at radius 2 is 1.95 bits per heavy atom. The number of unbranched alkanes of at least 4 members (excludes halogenated alkanes) is 2. The molecule has 1 fully saturated rings. The van der Waals surface area contributed by atoms with Crippen molar-refractivity contribution in [1.82, 2.24) is 9.80 Å². The minimum atomic E-state index is -0.690. The van der Waals surface area contributed by atoms with E-state index in [0.29, 0.717) is 30.9 Å². The van der Waals surface area contributed by atoms with Gasteiger partial charge in [-0.2, -0.15) is 0 Å². The molecule has 2 aromatic rings. The Labute approximate surface area is 219 Å². The number of aliphatic hydroxyl groups excluding tert-OH is 1. The molecular weight excluding hydrogens is 468 g/mol. The topological polar surface area (TPSA) is 79.3 Å². The van der Waals surface area contributed by atoms with E-state index in [2.05, 4.69) is 6.92 Å².